The van der Waals surface area contributed by atoms with Crippen molar-refractivity contribution in [3.63, 3.8) is 0 Å². The van der Waals surface area contributed by atoms with Crippen molar-refractivity contribution in [2.45, 2.75) is 233 Å². The minimum Gasteiger partial charge on any atom is -0.0728 e. The Morgan fingerprint density at radius 2 is 0.558 bits per heavy atom. The van der Waals surface area contributed by atoms with E-state index < -0.39 is 50.4 Å². The van der Waals surface area contributed by atoms with E-state index in [9.17, 15) is 0 Å². The van der Waals surface area contributed by atoms with Crippen LogP contribution in [0.15, 0.2) is 0 Å². The van der Waals surface area contributed by atoms with Gasteiger partial charge in [-0.05, 0) is 54.2 Å². The second kappa shape index (κ2) is 10.8. The molecule has 256 valence electrons. The average Bonchev–Trinajstić information content (AvgIpc) is 2.62. The fourth-order valence-electron chi connectivity index (χ4n) is 12.6. The average molecular weight is 714 g/mol. The molecule has 0 unspecified atom stereocenters. The van der Waals surface area contributed by atoms with E-state index in [2.05, 4.69) is 192 Å². The molecule has 0 nitrogen and oxygen atoms in total. The Labute approximate surface area is 281 Å². The molecular formula is C36H84Si7. The molecule has 0 aliphatic carbocycles. The summed E-state index contributed by atoms with van der Waals surface area (Å²) in [6, 6.07) is 0. The van der Waals surface area contributed by atoms with Crippen molar-refractivity contribution < 1.29 is 0 Å². The molecule has 43 heavy (non-hydrogen) atoms. The molecule has 1 atom stereocenters. The Kier molecular flexibility index (Phi) is 10.6. The largest absolute Gasteiger partial charge is 0.0728 e. The fourth-order valence-corrected chi connectivity index (χ4v) is 356. The van der Waals surface area contributed by atoms with Crippen LogP contribution >= 0.6 is 0 Å². The minimum absolute atomic E-state index is 0.400. The van der Waals surface area contributed by atoms with E-state index in [-0.39, 0.29) is 0 Å². The second-order valence-corrected chi connectivity index (χ2v) is 94.5. The predicted molar refractivity (Wildman–Crippen MR) is 221 cm³/mol. The summed E-state index contributed by atoms with van der Waals surface area (Å²) in [5.41, 5.74) is 0. The van der Waals surface area contributed by atoms with E-state index in [0.29, 0.717) is 40.3 Å². The lowest BCUT2D eigenvalue weighted by Crippen LogP contribution is -3.06. The van der Waals surface area contributed by atoms with Crippen molar-refractivity contribution in [3.8, 4) is 0 Å². The maximum Gasteiger partial charge on any atom is 0.0635 e. The lowest BCUT2D eigenvalue weighted by atomic mass is 10.2. The highest BCUT2D eigenvalue weighted by Crippen LogP contribution is 2.72. The van der Waals surface area contributed by atoms with Gasteiger partial charge in [0.05, 0.1) is 29.9 Å². The standard InChI is InChI=1S/C36H84Si7/c1-29(2,3)39(25,30(4,5)6)37-38(40(26,31(7,8)9)32(10,11)12)43(35(19,20)21,36(22,23)24)42(37,28)41(27,33(13,14)15)34(16,17)18/h1-28H3/t42-/m0/s1. The first-order valence-corrected chi connectivity index (χ1v) is 39.8. The summed E-state index contributed by atoms with van der Waals surface area (Å²) < 4.78 is 0. The number of hydrogen-bond donors (Lipinski definition) is 0. The fraction of sp³-hybridized carbons (Fsp3) is 1.00. The Morgan fingerprint density at radius 1 is 0.349 bits per heavy atom. The molecule has 0 saturated carbocycles. The highest BCUT2D eigenvalue weighted by Gasteiger charge is 2.86. The second-order valence-electron chi connectivity index (χ2n) is 24.0. The third kappa shape index (κ3) is 5.25. The lowest BCUT2D eigenvalue weighted by Gasteiger charge is -2.83. The molecular weight excluding hydrogens is 629 g/mol. The topological polar surface area (TPSA) is 0 Å². The van der Waals surface area contributed by atoms with Crippen molar-refractivity contribution in [3.05, 3.63) is 0 Å². The Hall–Kier alpha value is 1.52. The first-order chi connectivity index (χ1) is 18.0. The molecule has 0 radical (unpaired) electrons. The van der Waals surface area contributed by atoms with Crippen LogP contribution in [0.1, 0.15) is 166 Å². The number of hydrogen-bond acceptors (Lipinski definition) is 0. The third-order valence-electron chi connectivity index (χ3n) is 15.1. The minimum atomic E-state index is -1.93. The van der Waals surface area contributed by atoms with Crippen molar-refractivity contribution in [1.29, 1.82) is 0 Å². The zero-order chi connectivity index (χ0) is 35.7. The molecule has 0 saturated heterocycles. The summed E-state index contributed by atoms with van der Waals surface area (Å²) in [5, 5.41) is 3.30. The molecule has 1 rings (SSSR count). The molecule has 0 aromatic rings. The summed E-state index contributed by atoms with van der Waals surface area (Å²) in [6.45, 7) is 75.5. The van der Waals surface area contributed by atoms with Crippen LogP contribution in [0.3, 0.4) is 0 Å². The van der Waals surface area contributed by atoms with Gasteiger partial charge in [0, 0.05) is 6.63 Å². The smallest absolute Gasteiger partial charge is 0.0635 e. The van der Waals surface area contributed by atoms with Crippen LogP contribution in [0.4, 0.5) is 0 Å². The Bertz CT molecular complexity index is 1030. The maximum absolute atomic E-state index is 3.23. The monoisotopic (exact) mass is 712 g/mol. The molecule has 1 aliphatic rings. The van der Waals surface area contributed by atoms with Gasteiger partial charge < -0.3 is 0 Å². The van der Waals surface area contributed by atoms with Crippen LogP contribution in [-0.2, 0) is 0 Å². The Morgan fingerprint density at radius 3 is 0.721 bits per heavy atom. The van der Waals surface area contributed by atoms with Gasteiger partial charge in [-0.1, -0.05) is 192 Å². The predicted octanol–water partition coefficient (Wildman–Crippen LogP) is 13.7. The maximum atomic E-state index is 3.23. The first kappa shape index (κ1) is 42.5. The highest BCUT2D eigenvalue weighted by molar-refractivity contribution is 8.19. The third-order valence-corrected chi connectivity index (χ3v) is 188. The summed E-state index contributed by atoms with van der Waals surface area (Å²) >= 11 is 0. The van der Waals surface area contributed by atoms with Crippen LogP contribution in [0.2, 0.25) is 66.5 Å². The Balaban J connectivity index is 5.42. The van der Waals surface area contributed by atoms with Gasteiger partial charge in [0.2, 0.25) is 0 Å². The molecule has 0 aromatic heterocycles. The van der Waals surface area contributed by atoms with Crippen LogP contribution in [0, 0.1) is 0 Å². The lowest BCUT2D eigenvalue weighted by molar-refractivity contribution is 0.624. The van der Waals surface area contributed by atoms with E-state index in [1.807, 2.05) is 0 Å². The normalized spacial score (nSPS) is 22.6. The van der Waals surface area contributed by atoms with Gasteiger partial charge >= 0.3 is 0 Å². The van der Waals surface area contributed by atoms with Gasteiger partial charge in [-0.25, -0.2) is 0 Å². The van der Waals surface area contributed by atoms with Crippen LogP contribution in [0.5, 0.6) is 0 Å². The molecule has 0 N–H and O–H groups in total. The first-order valence-electron chi connectivity index (χ1n) is 17.8. The SMILES string of the molecule is CC(C)(C)[Si](C)([Si]1=[Si]([Si](C)(C(C)(C)C)C(C)(C)C)[Si@@](C)([Si](C)(C(C)(C)C)C(C)(C)C)[Si]1(C(C)(C)C)C(C)(C)C)C(C)(C)C. The van der Waals surface area contributed by atoms with Crippen molar-refractivity contribution in [1.82, 2.24) is 0 Å². The van der Waals surface area contributed by atoms with E-state index in [0.717, 1.165) is 0 Å². The van der Waals surface area contributed by atoms with E-state index in [1.165, 1.54) is 0 Å². The van der Waals surface area contributed by atoms with Crippen LogP contribution < -0.4 is 0 Å². The van der Waals surface area contributed by atoms with Crippen molar-refractivity contribution in [2.75, 3.05) is 0 Å². The van der Waals surface area contributed by atoms with E-state index in [1.54, 1.807) is 0 Å². The zero-order valence-electron chi connectivity index (χ0n) is 35.5. The molecule has 0 fully saturated rings. The summed E-state index contributed by atoms with van der Waals surface area (Å²) in [4.78, 5) is 0. The zero-order valence-corrected chi connectivity index (χ0v) is 42.5. The molecule has 1 heterocycles. The molecule has 0 amide bonds. The molecule has 0 aromatic carbocycles. The summed E-state index contributed by atoms with van der Waals surface area (Å²) in [5.74, 6) is 0. The van der Waals surface area contributed by atoms with Crippen molar-refractivity contribution in [2.24, 2.45) is 0 Å². The molecule has 1 aliphatic heterocycles. The van der Waals surface area contributed by atoms with Gasteiger partial charge in [0.25, 0.3) is 0 Å². The van der Waals surface area contributed by atoms with E-state index >= 15 is 0 Å². The van der Waals surface area contributed by atoms with Gasteiger partial charge in [-0.15, -0.1) is 0 Å². The van der Waals surface area contributed by atoms with Gasteiger partial charge in [0.1, 0.15) is 0 Å². The molecule has 0 bridgehead atoms. The van der Waals surface area contributed by atoms with Gasteiger partial charge in [-0.2, -0.15) is 0 Å². The number of rotatable bonds is 3. The molecule has 0 spiro atoms. The summed E-state index contributed by atoms with van der Waals surface area (Å²) in [6.07, 6.45) is 0. The molecule has 7 heteroatoms. The van der Waals surface area contributed by atoms with Crippen LogP contribution in [0.25, 0.3) is 0 Å². The van der Waals surface area contributed by atoms with Gasteiger partial charge in [0.15, 0.2) is 0 Å². The quantitative estimate of drug-likeness (QED) is 0.256. The summed E-state index contributed by atoms with van der Waals surface area (Å²) in [7, 11) is -7.49. The van der Waals surface area contributed by atoms with E-state index in [4.69, 9.17) is 0 Å². The van der Waals surface area contributed by atoms with Gasteiger partial charge in [-0.3, -0.25) is 0 Å². The van der Waals surface area contributed by atoms with Crippen molar-refractivity contribution >= 4 is 50.4 Å². The van der Waals surface area contributed by atoms with Crippen LogP contribution in [-0.4, -0.2) is 50.4 Å². The highest BCUT2D eigenvalue weighted by atomic mass is 30.4.